The van der Waals surface area contributed by atoms with E-state index >= 15 is 0 Å². The van der Waals surface area contributed by atoms with Crippen LogP contribution in [-0.4, -0.2) is 32.1 Å². The molecule has 28 heavy (non-hydrogen) atoms. The lowest BCUT2D eigenvalue weighted by Crippen LogP contribution is -2.30. The lowest BCUT2D eigenvalue weighted by Gasteiger charge is -2.07. The number of carbonyl (C=O) groups excluding carboxylic acids is 2. The van der Waals surface area contributed by atoms with Crippen molar-refractivity contribution in [3.8, 4) is 5.75 Å². The summed E-state index contributed by atoms with van der Waals surface area (Å²) in [5, 5.41) is 3.00. The van der Waals surface area contributed by atoms with E-state index in [1.165, 1.54) is 49.6 Å². The van der Waals surface area contributed by atoms with Crippen molar-refractivity contribution >= 4 is 22.8 Å². The molecule has 0 unspecified atom stereocenters. The van der Waals surface area contributed by atoms with E-state index < -0.39 is 23.3 Å². The Morgan fingerprint density at radius 1 is 1.11 bits per heavy atom. The molecule has 1 aromatic heterocycles. The standard InChI is InChI=1S/C20H16FNO6/c1-26-9-8-22-18(23)15-10-12-6-7-13(11-17(12)28-20(15)25)27-19(24)14-4-2-3-5-16(14)21/h2-7,10-11H,8-9H2,1H3,(H,22,23). The van der Waals surface area contributed by atoms with Crippen LogP contribution in [0.2, 0.25) is 0 Å². The molecule has 3 rings (SSSR count). The van der Waals surface area contributed by atoms with Gasteiger partial charge in [-0.2, -0.15) is 0 Å². The summed E-state index contributed by atoms with van der Waals surface area (Å²) < 4.78 is 28.8. The second kappa shape index (κ2) is 8.45. The summed E-state index contributed by atoms with van der Waals surface area (Å²) in [6.45, 7) is 0.555. The number of ether oxygens (including phenoxy) is 2. The molecule has 0 bridgehead atoms. The van der Waals surface area contributed by atoms with Crippen molar-refractivity contribution in [1.82, 2.24) is 5.32 Å². The fraction of sp³-hybridized carbons (Fsp3) is 0.150. The van der Waals surface area contributed by atoms with Crippen LogP contribution >= 0.6 is 0 Å². The van der Waals surface area contributed by atoms with Crippen molar-refractivity contribution in [2.24, 2.45) is 0 Å². The van der Waals surface area contributed by atoms with Crippen molar-refractivity contribution < 1.29 is 27.9 Å². The van der Waals surface area contributed by atoms with Crippen LogP contribution < -0.4 is 15.7 Å². The van der Waals surface area contributed by atoms with Gasteiger partial charge in [0.1, 0.15) is 22.7 Å². The third kappa shape index (κ3) is 4.24. The van der Waals surface area contributed by atoms with Crippen molar-refractivity contribution in [2.75, 3.05) is 20.3 Å². The first-order valence-corrected chi connectivity index (χ1v) is 8.31. The second-order valence-corrected chi connectivity index (χ2v) is 5.77. The Labute approximate surface area is 158 Å². The molecule has 7 nitrogen and oxygen atoms in total. The molecule has 0 saturated carbocycles. The molecule has 3 aromatic rings. The van der Waals surface area contributed by atoms with Gasteiger partial charge >= 0.3 is 11.6 Å². The summed E-state index contributed by atoms with van der Waals surface area (Å²) in [5.41, 5.74) is -1.08. The van der Waals surface area contributed by atoms with Gasteiger partial charge < -0.3 is 19.2 Å². The third-order valence-electron chi connectivity index (χ3n) is 3.85. The Hall–Kier alpha value is -3.52. The van der Waals surface area contributed by atoms with E-state index in [4.69, 9.17) is 13.9 Å². The Bertz CT molecular complexity index is 1090. The maximum atomic E-state index is 13.7. The molecule has 1 heterocycles. The molecule has 0 aliphatic carbocycles. The van der Waals surface area contributed by atoms with Crippen LogP contribution in [0.3, 0.4) is 0 Å². The monoisotopic (exact) mass is 385 g/mol. The van der Waals surface area contributed by atoms with Gasteiger partial charge in [0.05, 0.1) is 12.2 Å². The molecule has 0 saturated heterocycles. The van der Waals surface area contributed by atoms with Crippen LogP contribution in [0.25, 0.3) is 11.0 Å². The fourth-order valence-corrected chi connectivity index (χ4v) is 2.46. The summed E-state index contributed by atoms with van der Waals surface area (Å²) in [6.07, 6.45) is 0. The zero-order valence-electron chi connectivity index (χ0n) is 14.9. The number of fused-ring (bicyclic) bond motifs is 1. The molecular formula is C20H16FNO6. The SMILES string of the molecule is COCCNC(=O)c1cc2ccc(OC(=O)c3ccccc3F)cc2oc1=O. The van der Waals surface area contributed by atoms with Crippen LogP contribution in [0, 0.1) is 5.82 Å². The van der Waals surface area contributed by atoms with Crippen LogP contribution in [-0.2, 0) is 4.74 Å². The maximum Gasteiger partial charge on any atom is 0.349 e. The third-order valence-corrected chi connectivity index (χ3v) is 3.85. The van der Waals surface area contributed by atoms with Crippen LogP contribution in [0.4, 0.5) is 4.39 Å². The van der Waals surface area contributed by atoms with Gasteiger partial charge in [-0.1, -0.05) is 12.1 Å². The van der Waals surface area contributed by atoms with Crippen LogP contribution in [0.1, 0.15) is 20.7 Å². The molecule has 144 valence electrons. The van der Waals surface area contributed by atoms with E-state index in [9.17, 15) is 18.8 Å². The first-order chi connectivity index (χ1) is 13.5. The zero-order valence-corrected chi connectivity index (χ0v) is 14.9. The van der Waals surface area contributed by atoms with Gasteiger partial charge in [0.2, 0.25) is 0 Å². The van der Waals surface area contributed by atoms with E-state index in [-0.39, 0.29) is 29.0 Å². The first kappa shape index (κ1) is 19.2. The largest absolute Gasteiger partial charge is 0.423 e. The van der Waals surface area contributed by atoms with Gasteiger partial charge in [-0.15, -0.1) is 0 Å². The van der Waals surface area contributed by atoms with E-state index in [0.717, 1.165) is 6.07 Å². The minimum atomic E-state index is -0.881. The maximum absolute atomic E-state index is 13.7. The predicted octanol–water partition coefficient (Wildman–Crippen LogP) is 2.53. The van der Waals surface area contributed by atoms with E-state index in [1.54, 1.807) is 0 Å². The number of hydrogen-bond donors (Lipinski definition) is 1. The van der Waals surface area contributed by atoms with Crippen molar-refractivity contribution in [1.29, 1.82) is 0 Å². The van der Waals surface area contributed by atoms with Crippen molar-refractivity contribution in [3.05, 3.63) is 75.9 Å². The van der Waals surface area contributed by atoms with Crippen molar-refractivity contribution in [2.45, 2.75) is 0 Å². The smallest absolute Gasteiger partial charge is 0.349 e. The minimum absolute atomic E-state index is 0.0706. The highest BCUT2D eigenvalue weighted by molar-refractivity contribution is 5.97. The average molecular weight is 385 g/mol. The van der Waals surface area contributed by atoms with Gasteiger partial charge in [0.15, 0.2) is 0 Å². The van der Waals surface area contributed by atoms with Gasteiger partial charge in [0.25, 0.3) is 5.91 Å². The lowest BCUT2D eigenvalue weighted by molar-refractivity contribution is 0.0730. The second-order valence-electron chi connectivity index (χ2n) is 5.77. The minimum Gasteiger partial charge on any atom is -0.423 e. The highest BCUT2D eigenvalue weighted by Gasteiger charge is 2.16. The van der Waals surface area contributed by atoms with Crippen LogP contribution in [0.5, 0.6) is 5.75 Å². The summed E-state index contributed by atoms with van der Waals surface area (Å²) in [6, 6.07) is 11.1. The van der Waals surface area contributed by atoms with E-state index in [1.807, 2.05) is 0 Å². The van der Waals surface area contributed by atoms with Gasteiger partial charge in [-0.3, -0.25) is 4.79 Å². The Balaban J connectivity index is 1.83. The van der Waals surface area contributed by atoms with Gasteiger partial charge in [0, 0.05) is 25.1 Å². The number of rotatable bonds is 6. The molecular weight excluding hydrogens is 369 g/mol. The number of nitrogens with one attached hydrogen (secondary N) is 1. The van der Waals surface area contributed by atoms with Crippen molar-refractivity contribution in [3.63, 3.8) is 0 Å². The van der Waals surface area contributed by atoms with Gasteiger partial charge in [-0.25, -0.2) is 14.0 Å². The molecule has 8 heteroatoms. The molecule has 0 aliphatic rings. The summed E-state index contributed by atoms with van der Waals surface area (Å²) in [7, 11) is 1.49. The number of esters is 1. The van der Waals surface area contributed by atoms with E-state index in [2.05, 4.69) is 5.32 Å². The zero-order chi connectivity index (χ0) is 20.1. The predicted molar refractivity (Wildman–Crippen MR) is 98.1 cm³/mol. The fourth-order valence-electron chi connectivity index (χ4n) is 2.46. The number of hydrogen-bond acceptors (Lipinski definition) is 6. The number of methoxy groups -OCH3 is 1. The number of halogens is 1. The molecule has 0 spiro atoms. The number of benzene rings is 2. The molecule has 0 radical (unpaired) electrons. The normalized spacial score (nSPS) is 10.6. The molecule has 0 atom stereocenters. The first-order valence-electron chi connectivity index (χ1n) is 8.31. The molecule has 1 N–H and O–H groups in total. The summed E-state index contributed by atoms with van der Waals surface area (Å²) >= 11 is 0. The number of amides is 1. The average Bonchev–Trinajstić information content (AvgIpc) is 2.67. The number of carbonyl (C=O) groups is 2. The molecule has 2 aromatic carbocycles. The summed E-state index contributed by atoms with van der Waals surface area (Å²) in [5.74, 6) is -2.10. The highest BCUT2D eigenvalue weighted by atomic mass is 19.1. The molecule has 1 amide bonds. The van der Waals surface area contributed by atoms with E-state index in [0.29, 0.717) is 12.0 Å². The Morgan fingerprint density at radius 3 is 2.64 bits per heavy atom. The molecule has 0 aliphatic heterocycles. The Kier molecular flexibility index (Phi) is 5.81. The Morgan fingerprint density at radius 2 is 1.89 bits per heavy atom. The topological polar surface area (TPSA) is 94.8 Å². The summed E-state index contributed by atoms with van der Waals surface area (Å²) in [4.78, 5) is 36.2. The molecule has 0 fully saturated rings. The lowest BCUT2D eigenvalue weighted by atomic mass is 10.1. The highest BCUT2D eigenvalue weighted by Crippen LogP contribution is 2.22. The van der Waals surface area contributed by atoms with Gasteiger partial charge in [-0.05, 0) is 30.3 Å². The van der Waals surface area contributed by atoms with Crippen LogP contribution in [0.15, 0.2) is 57.7 Å². The quantitative estimate of drug-likeness (QED) is 0.303.